The molecule has 2 aromatic rings. The van der Waals surface area contributed by atoms with E-state index in [1.807, 2.05) is 19.2 Å². The molecule has 1 heterocycles. The van der Waals surface area contributed by atoms with Crippen molar-refractivity contribution < 1.29 is 9.26 Å². The Bertz CT molecular complexity index is 527. The molecule has 0 amide bonds. The summed E-state index contributed by atoms with van der Waals surface area (Å²) >= 11 is 5.80. The highest BCUT2D eigenvalue weighted by Gasteiger charge is 2.09. The molecule has 1 aromatic heterocycles. The van der Waals surface area contributed by atoms with Crippen LogP contribution in [0.5, 0.6) is 5.75 Å². The normalized spacial score (nSPS) is 12.3. The summed E-state index contributed by atoms with van der Waals surface area (Å²) in [5, 5.41) is 7.77. The first-order valence-corrected chi connectivity index (χ1v) is 6.92. The molecule has 0 fully saturated rings. The molecule has 0 radical (unpaired) electrons. The molecule has 0 spiro atoms. The second-order valence-electron chi connectivity index (χ2n) is 4.55. The van der Waals surface area contributed by atoms with Gasteiger partial charge in [0.2, 0.25) is 5.89 Å². The smallest absolute Gasteiger partial charge is 0.230 e. The summed E-state index contributed by atoms with van der Waals surface area (Å²) in [6.45, 7) is 2.56. The molecule has 0 aliphatic carbocycles. The Labute approximate surface area is 123 Å². The molecule has 5 nitrogen and oxygen atoms in total. The van der Waals surface area contributed by atoms with E-state index in [2.05, 4.69) is 22.4 Å². The van der Waals surface area contributed by atoms with Crippen molar-refractivity contribution in [3.8, 4) is 5.75 Å². The van der Waals surface area contributed by atoms with E-state index in [1.54, 1.807) is 12.1 Å². The van der Waals surface area contributed by atoms with Crippen LogP contribution in [0.1, 0.15) is 18.6 Å². The Morgan fingerprint density at radius 3 is 2.80 bits per heavy atom. The van der Waals surface area contributed by atoms with Crippen molar-refractivity contribution in [2.24, 2.45) is 0 Å². The van der Waals surface area contributed by atoms with Crippen molar-refractivity contribution in [2.75, 3.05) is 13.7 Å². The molecule has 6 heteroatoms. The summed E-state index contributed by atoms with van der Waals surface area (Å²) < 4.78 is 10.8. The number of nitrogens with one attached hydrogen (secondary N) is 1. The van der Waals surface area contributed by atoms with E-state index >= 15 is 0 Å². The number of rotatable bonds is 7. The van der Waals surface area contributed by atoms with Crippen molar-refractivity contribution in [1.29, 1.82) is 0 Å². The Morgan fingerprint density at radius 2 is 2.10 bits per heavy atom. The first-order valence-electron chi connectivity index (χ1n) is 6.54. The zero-order chi connectivity index (χ0) is 14.4. The Balaban J connectivity index is 1.78. The lowest BCUT2D eigenvalue weighted by atomic mass is 10.2. The Hall–Kier alpha value is -1.59. The van der Waals surface area contributed by atoms with Crippen LogP contribution in [-0.4, -0.2) is 29.8 Å². The second-order valence-corrected chi connectivity index (χ2v) is 4.99. The summed E-state index contributed by atoms with van der Waals surface area (Å²) in [4.78, 5) is 4.32. The molecule has 0 saturated carbocycles. The summed E-state index contributed by atoms with van der Waals surface area (Å²) in [7, 11) is 1.91. The predicted molar refractivity (Wildman–Crippen MR) is 77.2 cm³/mol. The fraction of sp³-hybridized carbons (Fsp3) is 0.429. The molecule has 1 N–H and O–H groups in total. The van der Waals surface area contributed by atoms with Crippen LogP contribution in [0.15, 0.2) is 28.8 Å². The lowest BCUT2D eigenvalue weighted by molar-refractivity contribution is 0.291. The predicted octanol–water partition coefficient (Wildman–Crippen LogP) is 2.49. The molecule has 108 valence electrons. The van der Waals surface area contributed by atoms with E-state index in [-0.39, 0.29) is 0 Å². The number of likely N-dealkylation sites (N-methyl/N-ethyl adjacent to an activating group) is 1. The van der Waals surface area contributed by atoms with E-state index in [0.29, 0.717) is 35.8 Å². The van der Waals surface area contributed by atoms with Crippen LogP contribution in [0.2, 0.25) is 5.02 Å². The molecule has 0 bridgehead atoms. The van der Waals surface area contributed by atoms with E-state index < -0.39 is 0 Å². The monoisotopic (exact) mass is 295 g/mol. The van der Waals surface area contributed by atoms with Crippen molar-refractivity contribution in [1.82, 2.24) is 15.5 Å². The lowest BCUT2D eigenvalue weighted by Gasteiger charge is -2.05. The van der Waals surface area contributed by atoms with Gasteiger partial charge in [-0.25, -0.2) is 0 Å². The number of halogens is 1. The number of hydrogen-bond donors (Lipinski definition) is 1. The topological polar surface area (TPSA) is 60.2 Å². The highest BCUT2D eigenvalue weighted by molar-refractivity contribution is 6.30. The minimum Gasteiger partial charge on any atom is -0.493 e. The van der Waals surface area contributed by atoms with Crippen LogP contribution in [0.4, 0.5) is 0 Å². The van der Waals surface area contributed by atoms with Gasteiger partial charge in [-0.05, 0) is 38.2 Å². The molecular weight excluding hydrogens is 278 g/mol. The molecule has 0 saturated heterocycles. The zero-order valence-corrected chi connectivity index (χ0v) is 12.4. The number of hydrogen-bond acceptors (Lipinski definition) is 5. The molecule has 2 rings (SSSR count). The van der Waals surface area contributed by atoms with Crippen LogP contribution in [0.25, 0.3) is 0 Å². The third-order valence-electron chi connectivity index (χ3n) is 2.89. The summed E-state index contributed by atoms with van der Waals surface area (Å²) in [6.07, 6.45) is 1.33. The number of ether oxygens (including phenoxy) is 1. The largest absolute Gasteiger partial charge is 0.493 e. The molecule has 1 aromatic carbocycles. The highest BCUT2D eigenvalue weighted by Crippen LogP contribution is 2.15. The van der Waals surface area contributed by atoms with Gasteiger partial charge in [0.1, 0.15) is 5.75 Å². The van der Waals surface area contributed by atoms with Gasteiger partial charge in [0, 0.05) is 17.5 Å². The molecule has 1 atom stereocenters. The molecule has 20 heavy (non-hydrogen) atoms. The summed E-state index contributed by atoms with van der Waals surface area (Å²) in [6, 6.07) is 7.57. The van der Waals surface area contributed by atoms with Crippen LogP contribution in [0.3, 0.4) is 0 Å². The van der Waals surface area contributed by atoms with E-state index in [0.717, 1.165) is 12.2 Å². The minimum absolute atomic E-state index is 0.325. The number of aromatic nitrogens is 2. The van der Waals surface area contributed by atoms with Crippen LogP contribution < -0.4 is 10.1 Å². The average Bonchev–Trinajstić information content (AvgIpc) is 2.88. The van der Waals surface area contributed by atoms with Gasteiger partial charge >= 0.3 is 0 Å². The van der Waals surface area contributed by atoms with Gasteiger partial charge in [-0.15, -0.1) is 0 Å². The Kier molecular flexibility index (Phi) is 5.38. The molecule has 0 aliphatic rings. The van der Waals surface area contributed by atoms with E-state index in [1.165, 1.54) is 0 Å². The number of benzene rings is 1. The Morgan fingerprint density at radius 1 is 1.35 bits per heavy atom. The molecule has 1 unspecified atom stereocenters. The van der Waals surface area contributed by atoms with Crippen molar-refractivity contribution >= 4 is 11.6 Å². The van der Waals surface area contributed by atoms with Crippen molar-refractivity contribution in [2.45, 2.75) is 25.8 Å². The third kappa shape index (κ3) is 4.51. The first kappa shape index (κ1) is 14.8. The fourth-order valence-electron chi connectivity index (χ4n) is 1.64. The van der Waals surface area contributed by atoms with Gasteiger partial charge in [-0.1, -0.05) is 16.8 Å². The zero-order valence-electron chi connectivity index (χ0n) is 11.6. The SMILES string of the molecule is CNC(C)Cc1noc(CCOc2ccc(Cl)cc2)n1. The minimum atomic E-state index is 0.325. The quantitative estimate of drug-likeness (QED) is 0.850. The van der Waals surface area contributed by atoms with Gasteiger partial charge in [-0.2, -0.15) is 4.98 Å². The standard InChI is InChI=1S/C14H18ClN3O2/c1-10(16-2)9-13-17-14(20-18-13)7-8-19-12-5-3-11(15)4-6-12/h3-6,10,16H,7-9H2,1-2H3. The maximum atomic E-state index is 5.80. The molecule has 0 aliphatic heterocycles. The van der Waals surface area contributed by atoms with Gasteiger partial charge in [0.15, 0.2) is 5.82 Å². The molecular formula is C14H18ClN3O2. The van der Waals surface area contributed by atoms with Crippen molar-refractivity contribution in [3.05, 3.63) is 41.0 Å². The lowest BCUT2D eigenvalue weighted by Crippen LogP contribution is -2.24. The number of nitrogens with zero attached hydrogens (tertiary/aromatic N) is 2. The highest BCUT2D eigenvalue weighted by atomic mass is 35.5. The summed E-state index contributed by atoms with van der Waals surface area (Å²) in [5.41, 5.74) is 0. The van der Waals surface area contributed by atoms with Gasteiger partial charge in [0.05, 0.1) is 13.0 Å². The van der Waals surface area contributed by atoms with Gasteiger partial charge in [-0.3, -0.25) is 0 Å². The van der Waals surface area contributed by atoms with E-state index in [9.17, 15) is 0 Å². The van der Waals surface area contributed by atoms with Crippen LogP contribution in [0, 0.1) is 0 Å². The fourth-order valence-corrected chi connectivity index (χ4v) is 1.76. The van der Waals surface area contributed by atoms with Gasteiger partial charge < -0.3 is 14.6 Å². The first-order chi connectivity index (χ1) is 9.67. The second kappa shape index (κ2) is 7.26. The van der Waals surface area contributed by atoms with Crippen molar-refractivity contribution in [3.63, 3.8) is 0 Å². The summed E-state index contributed by atoms with van der Waals surface area (Å²) in [5.74, 6) is 2.09. The van der Waals surface area contributed by atoms with Gasteiger partial charge in [0.25, 0.3) is 0 Å². The van der Waals surface area contributed by atoms with Crippen LogP contribution >= 0.6 is 11.6 Å². The maximum absolute atomic E-state index is 5.80. The van der Waals surface area contributed by atoms with Crippen LogP contribution in [-0.2, 0) is 12.8 Å². The maximum Gasteiger partial charge on any atom is 0.230 e. The third-order valence-corrected chi connectivity index (χ3v) is 3.14. The van der Waals surface area contributed by atoms with E-state index in [4.69, 9.17) is 20.9 Å². The average molecular weight is 296 g/mol.